The van der Waals surface area contributed by atoms with Crippen molar-refractivity contribution < 1.29 is 4.79 Å². The summed E-state index contributed by atoms with van der Waals surface area (Å²) in [5, 5.41) is 5.86. The van der Waals surface area contributed by atoms with Crippen molar-refractivity contribution in [2.24, 2.45) is 0 Å². The van der Waals surface area contributed by atoms with E-state index >= 15 is 0 Å². The molecule has 0 atom stereocenters. The topological polar surface area (TPSA) is 47.8 Å². The molecule has 0 amide bonds. The first kappa shape index (κ1) is 10.0. The van der Waals surface area contributed by atoms with Crippen molar-refractivity contribution in [3.8, 4) is 0 Å². The van der Waals surface area contributed by atoms with Crippen LogP contribution in [0.3, 0.4) is 0 Å². The average molecular weight is 221 g/mol. The highest BCUT2D eigenvalue weighted by molar-refractivity contribution is 7.07. The van der Waals surface area contributed by atoms with Gasteiger partial charge in [0.25, 0.3) is 0 Å². The van der Waals surface area contributed by atoms with Gasteiger partial charge in [-0.2, -0.15) is 5.10 Å². The second kappa shape index (κ2) is 4.35. The molecule has 0 spiro atoms. The maximum atomic E-state index is 11.8. The van der Waals surface area contributed by atoms with Gasteiger partial charge in [-0.1, -0.05) is 6.92 Å². The molecule has 5 heteroatoms. The fourth-order valence-electron chi connectivity index (χ4n) is 1.30. The van der Waals surface area contributed by atoms with Crippen LogP contribution in [0.15, 0.2) is 23.3 Å². The third kappa shape index (κ3) is 2.12. The predicted molar refractivity (Wildman–Crippen MR) is 58.1 cm³/mol. The Balaban J connectivity index is 2.19. The van der Waals surface area contributed by atoms with Crippen molar-refractivity contribution >= 4 is 17.1 Å². The lowest BCUT2D eigenvalue weighted by atomic mass is 10.2. The molecule has 2 rings (SSSR count). The van der Waals surface area contributed by atoms with Crippen molar-refractivity contribution in [1.29, 1.82) is 0 Å². The molecular formula is C10H11N3OS. The lowest BCUT2D eigenvalue weighted by molar-refractivity contribution is 0.103. The van der Waals surface area contributed by atoms with Crippen molar-refractivity contribution in [3.63, 3.8) is 0 Å². The third-order valence-electron chi connectivity index (χ3n) is 2.01. The molecule has 4 nitrogen and oxygen atoms in total. The Kier molecular flexibility index (Phi) is 2.91. The number of thiazole rings is 1. The van der Waals surface area contributed by atoms with E-state index in [1.807, 2.05) is 0 Å². The van der Waals surface area contributed by atoms with Gasteiger partial charge in [-0.25, -0.2) is 4.98 Å². The Morgan fingerprint density at radius 2 is 2.47 bits per heavy atom. The normalized spacial score (nSPS) is 10.5. The molecule has 0 saturated heterocycles. The lowest BCUT2D eigenvalue weighted by Gasteiger charge is -1.94. The number of aryl methyl sites for hydroxylation is 1. The lowest BCUT2D eigenvalue weighted by Crippen LogP contribution is -2.00. The van der Waals surface area contributed by atoms with E-state index in [-0.39, 0.29) is 5.78 Å². The highest BCUT2D eigenvalue weighted by Gasteiger charge is 2.12. The van der Waals surface area contributed by atoms with E-state index in [9.17, 15) is 4.79 Å². The van der Waals surface area contributed by atoms with Gasteiger partial charge in [-0.3, -0.25) is 9.48 Å². The molecule has 0 fully saturated rings. The number of hydrogen-bond acceptors (Lipinski definition) is 4. The van der Waals surface area contributed by atoms with E-state index in [1.54, 1.807) is 28.0 Å². The van der Waals surface area contributed by atoms with Gasteiger partial charge in [0.1, 0.15) is 5.69 Å². The molecule has 2 aromatic rings. The van der Waals surface area contributed by atoms with Crippen molar-refractivity contribution in [2.45, 2.75) is 19.9 Å². The highest BCUT2D eigenvalue weighted by atomic mass is 32.1. The molecular weight excluding hydrogens is 210 g/mol. The van der Waals surface area contributed by atoms with Crippen LogP contribution in [0.4, 0.5) is 0 Å². The Labute approximate surface area is 91.6 Å². The van der Waals surface area contributed by atoms with Crippen LogP contribution in [0, 0.1) is 0 Å². The first-order valence-electron chi connectivity index (χ1n) is 4.76. The van der Waals surface area contributed by atoms with Gasteiger partial charge >= 0.3 is 0 Å². The van der Waals surface area contributed by atoms with Gasteiger partial charge < -0.3 is 0 Å². The molecule has 0 radical (unpaired) electrons. The number of carbonyl (C=O) groups is 1. The van der Waals surface area contributed by atoms with Gasteiger partial charge in [-0.05, 0) is 6.42 Å². The summed E-state index contributed by atoms with van der Waals surface area (Å²) in [6.07, 6.45) is 4.37. The molecule has 0 aliphatic carbocycles. The van der Waals surface area contributed by atoms with Crippen LogP contribution < -0.4 is 0 Å². The summed E-state index contributed by atoms with van der Waals surface area (Å²) in [4.78, 5) is 15.8. The van der Waals surface area contributed by atoms with E-state index in [1.165, 1.54) is 11.3 Å². The zero-order chi connectivity index (χ0) is 10.7. The number of hydrogen-bond donors (Lipinski definition) is 0. The Morgan fingerprint density at radius 3 is 3.13 bits per heavy atom. The molecule has 0 unspecified atom stereocenters. The molecule has 2 aromatic heterocycles. The molecule has 15 heavy (non-hydrogen) atoms. The van der Waals surface area contributed by atoms with Gasteiger partial charge in [-0.15, -0.1) is 11.3 Å². The maximum Gasteiger partial charge on any atom is 0.215 e. The smallest absolute Gasteiger partial charge is 0.215 e. The monoisotopic (exact) mass is 221 g/mol. The number of carbonyl (C=O) groups excluding carboxylic acids is 1. The van der Waals surface area contributed by atoms with Crippen LogP contribution in [0.1, 0.15) is 29.4 Å². The number of ketones is 1. The molecule has 0 aliphatic heterocycles. The zero-order valence-corrected chi connectivity index (χ0v) is 9.20. The largest absolute Gasteiger partial charge is 0.287 e. The molecule has 0 aliphatic rings. The fourth-order valence-corrected chi connectivity index (χ4v) is 1.84. The van der Waals surface area contributed by atoms with E-state index in [4.69, 9.17) is 0 Å². The minimum Gasteiger partial charge on any atom is -0.287 e. The minimum absolute atomic E-state index is 0.0568. The molecule has 0 N–H and O–H groups in total. The van der Waals surface area contributed by atoms with E-state index in [0.29, 0.717) is 11.3 Å². The Bertz CT molecular complexity index is 447. The molecule has 2 heterocycles. The number of aromatic nitrogens is 3. The summed E-state index contributed by atoms with van der Waals surface area (Å²) in [7, 11) is 0. The summed E-state index contributed by atoms with van der Waals surface area (Å²) in [5.74, 6) is -0.0568. The average Bonchev–Trinajstić information content (AvgIpc) is 2.87. The van der Waals surface area contributed by atoms with Crippen LogP contribution in [0.25, 0.3) is 0 Å². The first-order valence-corrected chi connectivity index (χ1v) is 5.71. The molecule has 0 bridgehead atoms. The predicted octanol–water partition coefficient (Wildman–Crippen LogP) is 1.98. The van der Waals surface area contributed by atoms with E-state index in [0.717, 1.165) is 13.0 Å². The second-order valence-electron chi connectivity index (χ2n) is 3.19. The summed E-state index contributed by atoms with van der Waals surface area (Å²) < 4.78 is 1.78. The summed E-state index contributed by atoms with van der Waals surface area (Å²) in [6.45, 7) is 2.91. The SMILES string of the molecule is CCCn1cc(C(=O)c2cscn2)cn1. The molecule has 0 aromatic carbocycles. The van der Waals surface area contributed by atoms with Gasteiger partial charge in [0.05, 0.1) is 17.3 Å². The van der Waals surface area contributed by atoms with Crippen LogP contribution >= 0.6 is 11.3 Å². The van der Waals surface area contributed by atoms with Crippen molar-refractivity contribution in [1.82, 2.24) is 14.8 Å². The van der Waals surface area contributed by atoms with E-state index in [2.05, 4.69) is 17.0 Å². The second-order valence-corrected chi connectivity index (χ2v) is 3.91. The van der Waals surface area contributed by atoms with Gasteiger partial charge in [0.2, 0.25) is 5.78 Å². The Morgan fingerprint density at radius 1 is 1.60 bits per heavy atom. The minimum atomic E-state index is -0.0568. The first-order chi connectivity index (χ1) is 7.31. The number of nitrogens with zero attached hydrogens (tertiary/aromatic N) is 3. The summed E-state index contributed by atoms with van der Waals surface area (Å²) >= 11 is 1.42. The van der Waals surface area contributed by atoms with E-state index < -0.39 is 0 Å². The van der Waals surface area contributed by atoms with Gasteiger partial charge in [0.15, 0.2) is 0 Å². The molecule has 78 valence electrons. The van der Waals surface area contributed by atoms with Crippen LogP contribution in [0.5, 0.6) is 0 Å². The van der Waals surface area contributed by atoms with Crippen LogP contribution in [0.2, 0.25) is 0 Å². The van der Waals surface area contributed by atoms with Crippen molar-refractivity contribution in [2.75, 3.05) is 0 Å². The third-order valence-corrected chi connectivity index (χ3v) is 2.60. The Hall–Kier alpha value is -1.49. The quantitative estimate of drug-likeness (QED) is 0.742. The molecule has 0 saturated carbocycles. The maximum absolute atomic E-state index is 11.8. The zero-order valence-electron chi connectivity index (χ0n) is 8.38. The number of rotatable bonds is 4. The summed E-state index contributed by atoms with van der Waals surface area (Å²) in [6, 6.07) is 0. The van der Waals surface area contributed by atoms with Crippen molar-refractivity contribution in [3.05, 3.63) is 34.5 Å². The standard InChI is InChI=1S/C10H11N3OS/c1-2-3-13-5-8(4-12-13)10(14)9-6-15-7-11-9/h4-7H,2-3H2,1H3. The highest BCUT2D eigenvalue weighted by Crippen LogP contribution is 2.09. The van der Waals surface area contributed by atoms with Gasteiger partial charge in [0, 0.05) is 18.1 Å². The fraction of sp³-hybridized carbons (Fsp3) is 0.300. The van der Waals surface area contributed by atoms with Crippen LogP contribution in [-0.4, -0.2) is 20.5 Å². The summed E-state index contributed by atoms with van der Waals surface area (Å²) in [5.41, 5.74) is 2.76. The van der Waals surface area contributed by atoms with Crippen LogP contribution in [-0.2, 0) is 6.54 Å².